The van der Waals surface area contributed by atoms with Crippen LogP contribution in [0, 0.1) is 10.1 Å². The summed E-state index contributed by atoms with van der Waals surface area (Å²) in [5.74, 6) is -2.13. The Labute approximate surface area is 158 Å². The van der Waals surface area contributed by atoms with E-state index in [1.165, 1.54) is 37.4 Å². The molecule has 0 saturated carbocycles. The minimum atomic E-state index is -0.814. The summed E-state index contributed by atoms with van der Waals surface area (Å²) in [7, 11) is 1.20. The second kappa shape index (κ2) is 8.77. The number of hydrogen-bond donors (Lipinski definition) is 1. The van der Waals surface area contributed by atoms with E-state index in [0.717, 1.165) is 12.1 Å². The number of ether oxygens (including phenoxy) is 2. The maximum absolute atomic E-state index is 11.9. The number of non-ortho nitro benzene ring substituents is 1. The van der Waals surface area contributed by atoms with Crippen LogP contribution in [0.3, 0.4) is 0 Å². The summed E-state index contributed by atoms with van der Waals surface area (Å²) in [6.07, 6.45) is 0. The molecule has 140 valence electrons. The van der Waals surface area contributed by atoms with Crippen LogP contribution in [-0.4, -0.2) is 36.5 Å². The van der Waals surface area contributed by atoms with Crippen LogP contribution in [0.15, 0.2) is 42.5 Å². The molecule has 0 unspecified atom stereocenters. The van der Waals surface area contributed by atoms with Crippen molar-refractivity contribution in [3.05, 3.63) is 68.7 Å². The molecule has 0 aliphatic carbocycles. The predicted molar refractivity (Wildman–Crippen MR) is 94.8 cm³/mol. The molecule has 2 aromatic rings. The highest BCUT2D eigenvalue weighted by atomic mass is 35.5. The second-order valence-electron chi connectivity index (χ2n) is 5.11. The van der Waals surface area contributed by atoms with Crippen molar-refractivity contribution in [3.8, 4) is 0 Å². The molecule has 0 radical (unpaired) electrons. The zero-order valence-electron chi connectivity index (χ0n) is 13.9. The second-order valence-corrected chi connectivity index (χ2v) is 5.52. The number of esters is 2. The van der Waals surface area contributed by atoms with Crippen molar-refractivity contribution < 1.29 is 28.8 Å². The lowest BCUT2D eigenvalue weighted by molar-refractivity contribution is -0.384. The molecule has 2 aromatic carbocycles. The molecule has 0 spiro atoms. The smallest absolute Gasteiger partial charge is 0.339 e. The Bertz CT molecular complexity index is 897. The monoisotopic (exact) mass is 392 g/mol. The number of nitro groups is 1. The van der Waals surface area contributed by atoms with Gasteiger partial charge in [-0.15, -0.1) is 0 Å². The molecule has 27 heavy (non-hydrogen) atoms. The van der Waals surface area contributed by atoms with Gasteiger partial charge in [0, 0.05) is 17.8 Å². The third-order valence-corrected chi connectivity index (χ3v) is 3.63. The number of halogens is 1. The summed E-state index contributed by atoms with van der Waals surface area (Å²) >= 11 is 5.88. The fraction of sp³-hybridized carbons (Fsp3) is 0.118. The maximum Gasteiger partial charge on any atom is 0.339 e. The van der Waals surface area contributed by atoms with Crippen LogP contribution >= 0.6 is 11.6 Å². The molecular weight excluding hydrogens is 380 g/mol. The first-order valence-corrected chi connectivity index (χ1v) is 7.79. The molecule has 0 aromatic heterocycles. The molecule has 0 heterocycles. The van der Waals surface area contributed by atoms with E-state index in [9.17, 15) is 24.5 Å². The normalized spacial score (nSPS) is 10.0. The molecule has 1 amide bonds. The van der Waals surface area contributed by atoms with Gasteiger partial charge in [-0.1, -0.05) is 11.6 Å². The van der Waals surface area contributed by atoms with E-state index < -0.39 is 29.4 Å². The molecule has 1 N–H and O–H groups in total. The number of anilines is 1. The van der Waals surface area contributed by atoms with E-state index in [0.29, 0.717) is 0 Å². The molecule has 0 saturated heterocycles. The van der Waals surface area contributed by atoms with Gasteiger partial charge in [0.15, 0.2) is 6.61 Å². The molecule has 0 aliphatic heterocycles. The van der Waals surface area contributed by atoms with Crippen LogP contribution in [0.5, 0.6) is 0 Å². The Morgan fingerprint density at radius 2 is 1.78 bits per heavy atom. The van der Waals surface area contributed by atoms with Gasteiger partial charge >= 0.3 is 11.9 Å². The molecular formula is C17H13ClN2O7. The lowest BCUT2D eigenvalue weighted by atomic mass is 10.2. The zero-order valence-corrected chi connectivity index (χ0v) is 14.7. The number of amides is 1. The Morgan fingerprint density at radius 3 is 2.37 bits per heavy atom. The van der Waals surface area contributed by atoms with Gasteiger partial charge in [-0.3, -0.25) is 14.9 Å². The molecule has 9 nitrogen and oxygen atoms in total. The topological polar surface area (TPSA) is 125 Å². The summed E-state index contributed by atoms with van der Waals surface area (Å²) < 4.78 is 9.43. The van der Waals surface area contributed by atoms with E-state index >= 15 is 0 Å². The summed E-state index contributed by atoms with van der Waals surface area (Å²) in [5.41, 5.74) is 0.220. The lowest BCUT2D eigenvalue weighted by Crippen LogP contribution is -2.21. The van der Waals surface area contributed by atoms with Gasteiger partial charge in [0.2, 0.25) is 0 Å². The van der Waals surface area contributed by atoms with Crippen LogP contribution in [-0.2, 0) is 14.3 Å². The van der Waals surface area contributed by atoms with Crippen molar-refractivity contribution in [1.29, 1.82) is 0 Å². The predicted octanol–water partition coefficient (Wildman–Crippen LogP) is 2.83. The summed E-state index contributed by atoms with van der Waals surface area (Å²) in [6, 6.07) is 8.94. The fourth-order valence-electron chi connectivity index (χ4n) is 2.00. The number of benzene rings is 2. The highest BCUT2D eigenvalue weighted by Crippen LogP contribution is 2.21. The third-order valence-electron chi connectivity index (χ3n) is 3.30. The molecule has 0 aliphatic rings. The van der Waals surface area contributed by atoms with E-state index in [1.807, 2.05) is 0 Å². The lowest BCUT2D eigenvalue weighted by Gasteiger charge is -2.09. The minimum Gasteiger partial charge on any atom is -0.465 e. The van der Waals surface area contributed by atoms with Gasteiger partial charge in [0.1, 0.15) is 0 Å². The molecule has 10 heteroatoms. The van der Waals surface area contributed by atoms with Crippen LogP contribution < -0.4 is 5.32 Å². The van der Waals surface area contributed by atoms with Gasteiger partial charge in [-0.2, -0.15) is 0 Å². The average molecular weight is 393 g/mol. The molecule has 2 rings (SSSR count). The number of hydrogen-bond acceptors (Lipinski definition) is 7. The van der Waals surface area contributed by atoms with Crippen LogP contribution in [0.1, 0.15) is 20.7 Å². The number of nitrogens with zero attached hydrogens (tertiary/aromatic N) is 1. The molecule has 0 atom stereocenters. The largest absolute Gasteiger partial charge is 0.465 e. The van der Waals surface area contributed by atoms with Gasteiger partial charge < -0.3 is 14.8 Å². The Balaban J connectivity index is 1.95. The first kappa shape index (κ1) is 19.9. The van der Waals surface area contributed by atoms with Crippen molar-refractivity contribution in [2.24, 2.45) is 0 Å². The standard InChI is InChI=1S/C17H13ClN2O7/c1-26-17(23)13-8-11(4-7-14(13)18)19-15(21)9-27-16(22)10-2-5-12(6-3-10)20(24)25/h2-8H,9H2,1H3,(H,19,21). The number of carbonyl (C=O) groups excluding carboxylic acids is 3. The highest BCUT2D eigenvalue weighted by molar-refractivity contribution is 6.33. The number of rotatable bonds is 6. The average Bonchev–Trinajstić information content (AvgIpc) is 2.67. The summed E-state index contributed by atoms with van der Waals surface area (Å²) in [5, 5.41) is 13.2. The van der Waals surface area contributed by atoms with E-state index in [1.54, 1.807) is 0 Å². The zero-order chi connectivity index (χ0) is 20.0. The Hall–Kier alpha value is -3.46. The Morgan fingerprint density at radius 1 is 1.11 bits per heavy atom. The summed E-state index contributed by atoms with van der Waals surface area (Å²) in [4.78, 5) is 45.3. The highest BCUT2D eigenvalue weighted by Gasteiger charge is 2.15. The van der Waals surface area contributed by atoms with Gasteiger partial charge in [-0.05, 0) is 30.3 Å². The van der Waals surface area contributed by atoms with Crippen molar-refractivity contribution >= 4 is 40.8 Å². The van der Waals surface area contributed by atoms with Crippen molar-refractivity contribution in [3.63, 3.8) is 0 Å². The van der Waals surface area contributed by atoms with Crippen LogP contribution in [0.4, 0.5) is 11.4 Å². The fourth-order valence-corrected chi connectivity index (χ4v) is 2.19. The Kier molecular flexibility index (Phi) is 6.45. The quantitative estimate of drug-likeness (QED) is 0.455. The van der Waals surface area contributed by atoms with Crippen LogP contribution in [0.2, 0.25) is 5.02 Å². The number of nitrogens with one attached hydrogen (secondary N) is 1. The SMILES string of the molecule is COC(=O)c1cc(NC(=O)COC(=O)c2ccc([N+](=O)[O-])cc2)ccc1Cl. The van der Waals surface area contributed by atoms with Crippen LogP contribution in [0.25, 0.3) is 0 Å². The number of carbonyl (C=O) groups is 3. The van der Waals surface area contributed by atoms with Crippen molar-refractivity contribution in [1.82, 2.24) is 0 Å². The van der Waals surface area contributed by atoms with Crippen molar-refractivity contribution in [2.75, 3.05) is 19.0 Å². The van der Waals surface area contributed by atoms with E-state index in [4.69, 9.17) is 16.3 Å². The van der Waals surface area contributed by atoms with Crippen molar-refractivity contribution in [2.45, 2.75) is 0 Å². The van der Waals surface area contributed by atoms with E-state index in [-0.39, 0.29) is 27.5 Å². The minimum absolute atomic E-state index is 0.0628. The van der Waals surface area contributed by atoms with Gasteiger partial charge in [0.05, 0.1) is 28.2 Å². The number of nitro benzene ring substituents is 1. The maximum atomic E-state index is 11.9. The van der Waals surface area contributed by atoms with Gasteiger partial charge in [-0.25, -0.2) is 9.59 Å². The first-order chi connectivity index (χ1) is 12.8. The first-order valence-electron chi connectivity index (χ1n) is 7.41. The third kappa shape index (κ3) is 5.25. The molecule has 0 bridgehead atoms. The van der Waals surface area contributed by atoms with E-state index in [2.05, 4.69) is 10.1 Å². The molecule has 0 fully saturated rings. The summed E-state index contributed by atoms with van der Waals surface area (Å²) in [6.45, 7) is -0.591. The van der Waals surface area contributed by atoms with Gasteiger partial charge in [0.25, 0.3) is 11.6 Å². The number of methoxy groups -OCH3 is 1.